The molecule has 5 nitrogen and oxygen atoms in total. The van der Waals surface area contributed by atoms with Gasteiger partial charge in [0.15, 0.2) is 0 Å². The summed E-state index contributed by atoms with van der Waals surface area (Å²) in [5.41, 5.74) is 15.1. The fraction of sp³-hybridized carbons (Fsp3) is 0.143. The Morgan fingerprint density at radius 3 is 1.89 bits per heavy atom. The molecule has 1 aliphatic heterocycles. The van der Waals surface area contributed by atoms with E-state index in [4.69, 9.17) is 4.98 Å². The average molecular weight is 986 g/mol. The van der Waals surface area contributed by atoms with Crippen LogP contribution in [0.4, 0.5) is 11.4 Å². The molecular weight excluding hydrogens is 937 g/mol. The second-order valence-corrected chi connectivity index (χ2v) is 16.2. The van der Waals surface area contributed by atoms with Gasteiger partial charge in [-0.2, -0.15) is 0 Å². The van der Waals surface area contributed by atoms with Crippen molar-refractivity contribution in [2.24, 2.45) is 0 Å². The van der Waals surface area contributed by atoms with E-state index in [0.29, 0.717) is 0 Å². The number of fused-ring (bicyclic) bond motifs is 4. The Labute approximate surface area is 378 Å². The molecule has 1 N–H and O–H groups in total. The first-order valence-corrected chi connectivity index (χ1v) is 21.2. The summed E-state index contributed by atoms with van der Waals surface area (Å²) in [4.78, 5) is 12.0. The van der Waals surface area contributed by atoms with Crippen molar-refractivity contribution in [3.8, 4) is 39.2 Å². The number of hydrogen-bond donors (Lipinski definition) is 1. The largest absolute Gasteiger partial charge is 0.386 e. The van der Waals surface area contributed by atoms with Crippen LogP contribution in [0.1, 0.15) is 74.2 Å². The van der Waals surface area contributed by atoms with Crippen molar-refractivity contribution in [3.63, 3.8) is 0 Å². The van der Waals surface area contributed by atoms with Crippen LogP contribution in [0.3, 0.4) is 0 Å². The fourth-order valence-corrected chi connectivity index (χ4v) is 8.69. The molecule has 0 saturated carbocycles. The third kappa shape index (κ3) is 8.18. The molecule has 3 heterocycles. The van der Waals surface area contributed by atoms with Crippen molar-refractivity contribution in [1.82, 2.24) is 14.5 Å². The van der Waals surface area contributed by atoms with Crippen LogP contribution >= 0.6 is 0 Å². The number of para-hydroxylation sites is 4. The Kier molecular flexibility index (Phi) is 12.7. The molecule has 6 heteroatoms. The zero-order valence-electron chi connectivity index (χ0n) is 35.4. The molecule has 309 valence electrons. The molecule has 1 aliphatic rings. The van der Waals surface area contributed by atoms with Crippen molar-refractivity contribution >= 4 is 22.4 Å². The minimum atomic E-state index is -0.882. The number of nitrogens with zero attached hydrogens (tertiary/aromatic N) is 4. The normalized spacial score (nSPS) is 14.3. The van der Waals surface area contributed by atoms with Crippen molar-refractivity contribution in [2.75, 3.05) is 4.90 Å². The second kappa shape index (κ2) is 18.7. The van der Waals surface area contributed by atoms with Gasteiger partial charge in [-0.25, -0.2) is 4.98 Å². The molecule has 1 radical (unpaired) electrons. The minimum Gasteiger partial charge on any atom is -0.386 e. The average Bonchev–Trinajstić information content (AvgIpc) is 3.65. The van der Waals surface area contributed by atoms with E-state index in [9.17, 15) is 5.11 Å². The maximum absolute atomic E-state index is 12.8. The van der Waals surface area contributed by atoms with Crippen molar-refractivity contribution in [2.45, 2.75) is 51.7 Å². The number of aliphatic hydroxyl groups excluding tert-OH is 1. The van der Waals surface area contributed by atoms with Crippen LogP contribution in [0.5, 0.6) is 0 Å². The summed E-state index contributed by atoms with van der Waals surface area (Å²) in [6.45, 7) is 9.11. The molecule has 7 aromatic carbocycles. The number of aliphatic hydroxyl groups is 1. The number of hydrogen-bond acceptors (Lipinski definition) is 4. The maximum atomic E-state index is 12.8. The third-order valence-corrected chi connectivity index (χ3v) is 11.6. The Hall–Kier alpha value is -6.43. The van der Waals surface area contributed by atoms with Gasteiger partial charge in [0.05, 0.1) is 16.7 Å². The summed E-state index contributed by atoms with van der Waals surface area (Å²) in [5, 5.41) is 12.8. The summed E-state index contributed by atoms with van der Waals surface area (Å²) in [6.07, 6.45) is 0.906. The van der Waals surface area contributed by atoms with Gasteiger partial charge in [-0.1, -0.05) is 143 Å². The van der Waals surface area contributed by atoms with Crippen LogP contribution in [0.25, 0.3) is 50.2 Å². The Morgan fingerprint density at radius 1 is 0.597 bits per heavy atom. The molecule has 0 saturated heterocycles. The molecule has 2 atom stereocenters. The van der Waals surface area contributed by atoms with Crippen molar-refractivity contribution in [3.05, 3.63) is 223 Å². The Balaban J connectivity index is 0.000000350. The fourth-order valence-electron chi connectivity index (χ4n) is 8.69. The van der Waals surface area contributed by atoms with Crippen LogP contribution in [0, 0.1) is 6.07 Å². The van der Waals surface area contributed by atoms with E-state index in [1.807, 2.05) is 54.6 Å². The van der Waals surface area contributed by atoms with Gasteiger partial charge in [-0.05, 0) is 99.4 Å². The van der Waals surface area contributed by atoms with Gasteiger partial charge in [0.2, 0.25) is 0 Å². The molecule has 0 bridgehead atoms. The van der Waals surface area contributed by atoms with E-state index in [2.05, 4.69) is 182 Å². The van der Waals surface area contributed by atoms with Crippen LogP contribution in [-0.2, 0) is 20.1 Å². The van der Waals surface area contributed by atoms with Gasteiger partial charge in [0.1, 0.15) is 18.0 Å². The Bertz CT molecular complexity index is 2830. The van der Waals surface area contributed by atoms with E-state index >= 15 is 0 Å². The molecule has 0 aliphatic carbocycles. The summed E-state index contributed by atoms with van der Waals surface area (Å²) in [6, 6.07) is 67.3. The zero-order chi connectivity index (χ0) is 41.9. The monoisotopic (exact) mass is 986 g/mol. The molecule has 2 unspecified atom stereocenters. The van der Waals surface area contributed by atoms with Gasteiger partial charge in [-0.15, -0.1) is 35.9 Å². The summed E-state index contributed by atoms with van der Waals surface area (Å²) < 4.78 is 2.37. The summed E-state index contributed by atoms with van der Waals surface area (Å²) in [7, 11) is 0. The first-order chi connectivity index (χ1) is 29.9. The van der Waals surface area contributed by atoms with Crippen LogP contribution < -0.4 is 4.90 Å². The van der Waals surface area contributed by atoms with Crippen molar-refractivity contribution < 1.29 is 25.2 Å². The van der Waals surface area contributed by atoms with Gasteiger partial charge in [0, 0.05) is 43.2 Å². The molecule has 0 fully saturated rings. The minimum absolute atomic E-state index is 0. The zero-order valence-corrected chi connectivity index (χ0v) is 37.7. The van der Waals surface area contributed by atoms with E-state index < -0.39 is 12.1 Å². The van der Waals surface area contributed by atoms with E-state index in [1.165, 1.54) is 22.3 Å². The first kappa shape index (κ1) is 42.3. The van der Waals surface area contributed by atoms with E-state index in [0.717, 1.165) is 61.9 Å². The summed E-state index contributed by atoms with van der Waals surface area (Å²) in [5.74, 6) is 1.27. The number of pyridine rings is 1. The first-order valence-electron chi connectivity index (χ1n) is 21.2. The molecule has 0 amide bonds. The predicted molar refractivity (Wildman–Crippen MR) is 251 cm³/mol. The number of rotatable bonds is 7. The number of aromatic nitrogens is 3. The van der Waals surface area contributed by atoms with Gasteiger partial charge < -0.3 is 15.0 Å². The predicted octanol–water partition coefficient (Wildman–Crippen LogP) is 14.1. The molecule has 62 heavy (non-hydrogen) atoms. The van der Waals surface area contributed by atoms with Crippen LogP contribution in [-0.4, -0.2) is 19.6 Å². The second-order valence-electron chi connectivity index (χ2n) is 16.2. The number of anilines is 2. The van der Waals surface area contributed by atoms with E-state index in [-0.39, 0.29) is 31.9 Å². The number of imidazole rings is 1. The summed E-state index contributed by atoms with van der Waals surface area (Å²) >= 11 is 0. The van der Waals surface area contributed by atoms with Gasteiger partial charge >= 0.3 is 0 Å². The van der Waals surface area contributed by atoms with Gasteiger partial charge in [0.25, 0.3) is 0 Å². The SMILES string of the molecule is CC(C)c1cc(-c2ccccc2)cc(C(C)C)c1-n1c(C2C(O)c3ccccc3-c3ccccc3N2c2ccccc2)nc2ccccc21.[Ir].[c-]1ccccc1-c1ccccn1. The molecule has 9 aromatic rings. The number of benzene rings is 7. The quantitative estimate of drug-likeness (QED) is 0.162. The van der Waals surface area contributed by atoms with Crippen molar-refractivity contribution in [1.29, 1.82) is 0 Å². The molecule has 2 aromatic heterocycles. The molecular formula is C56H49IrN4O-. The Morgan fingerprint density at radius 2 is 1.21 bits per heavy atom. The molecule has 10 rings (SSSR count). The standard InChI is InChI=1S/C45H41N3O.C11H8N.Ir/c1-29(2)37-27-32(31-17-7-5-8-18-31)28-38(30(3)4)42(37)48-41-26-16-14-24-39(41)46-45(48)43-44(49)36-23-12-11-21-34(36)35-22-13-15-25-40(35)47(43)33-19-9-6-10-20-33;1-2-6-10(7-3-1)11-8-4-5-9-12-11;/h5-30,43-44,49H,1-4H3;1-6,8-9H;/q;-1;. The molecule has 0 spiro atoms. The van der Waals surface area contributed by atoms with Crippen LogP contribution in [0.2, 0.25) is 0 Å². The third-order valence-electron chi connectivity index (χ3n) is 11.6. The smallest absolute Gasteiger partial charge is 0.140 e. The van der Waals surface area contributed by atoms with Crippen LogP contribution in [0.15, 0.2) is 194 Å². The maximum Gasteiger partial charge on any atom is 0.140 e. The van der Waals surface area contributed by atoms with E-state index in [1.54, 1.807) is 6.20 Å². The topological polar surface area (TPSA) is 54.2 Å². The van der Waals surface area contributed by atoms with Gasteiger partial charge in [-0.3, -0.25) is 4.57 Å².